The van der Waals surface area contributed by atoms with Gasteiger partial charge in [-0.15, -0.1) is 0 Å². The highest BCUT2D eigenvalue weighted by atomic mass is 16.5. The molecule has 4 fully saturated rings. The zero-order valence-corrected chi connectivity index (χ0v) is 31.2. The Morgan fingerprint density at radius 3 is 2.27 bits per heavy atom. The number of nitrogens with zero attached hydrogens (tertiary/aromatic N) is 2. The Bertz CT molecular complexity index is 1100. The van der Waals surface area contributed by atoms with Crippen molar-refractivity contribution < 1.29 is 23.8 Å². The van der Waals surface area contributed by atoms with Crippen LogP contribution < -0.4 is 0 Å². The summed E-state index contributed by atoms with van der Waals surface area (Å²) in [5.74, 6) is 0.627. The number of piperidine rings is 1. The number of carbonyl (C=O) groups excluding carboxylic acids is 2. The molecule has 0 aromatic rings. The minimum Gasteiger partial charge on any atom is -0.457 e. The van der Waals surface area contributed by atoms with Gasteiger partial charge in [0.25, 0.3) is 0 Å². The summed E-state index contributed by atoms with van der Waals surface area (Å²) < 4.78 is 19.3. The summed E-state index contributed by atoms with van der Waals surface area (Å²) in [4.78, 5) is 31.1. The molecule has 5 aliphatic rings. The number of hydrogen-bond acceptors (Lipinski definition) is 6. The fraction of sp³-hybridized carbons (Fsp3) is 0.810. The van der Waals surface area contributed by atoms with E-state index in [4.69, 9.17) is 14.2 Å². The van der Waals surface area contributed by atoms with Gasteiger partial charge in [-0.3, -0.25) is 9.59 Å². The van der Waals surface area contributed by atoms with Crippen LogP contribution in [-0.2, 0) is 23.8 Å². The third-order valence-corrected chi connectivity index (χ3v) is 11.9. The lowest BCUT2D eigenvalue weighted by Gasteiger charge is -2.38. The first kappa shape index (κ1) is 38.3. The first-order valence-electron chi connectivity index (χ1n) is 20.4. The van der Waals surface area contributed by atoms with Gasteiger partial charge >= 0.3 is 5.97 Å². The third-order valence-electron chi connectivity index (χ3n) is 11.9. The molecule has 0 spiro atoms. The highest BCUT2D eigenvalue weighted by Gasteiger charge is 2.33. The average molecular weight is 681 g/mol. The molecule has 49 heavy (non-hydrogen) atoms. The number of allylic oxidation sites excluding steroid dienone is 3. The minimum atomic E-state index is -0.307. The summed E-state index contributed by atoms with van der Waals surface area (Å²) in [5, 5.41) is 0. The number of carbonyl (C=O) groups is 2. The Hall–Kier alpha value is -1.96. The summed E-state index contributed by atoms with van der Waals surface area (Å²) in [6, 6.07) is 0.673. The van der Waals surface area contributed by atoms with Crippen molar-refractivity contribution in [1.29, 1.82) is 0 Å². The molecule has 7 unspecified atom stereocenters. The smallest absolute Gasteiger partial charge is 0.309 e. The van der Waals surface area contributed by atoms with Crippen molar-refractivity contribution in [3.05, 3.63) is 36.0 Å². The second-order valence-electron chi connectivity index (χ2n) is 16.0. The summed E-state index contributed by atoms with van der Waals surface area (Å²) in [6.45, 7) is 10.9. The van der Waals surface area contributed by atoms with Gasteiger partial charge in [0.1, 0.15) is 6.10 Å². The van der Waals surface area contributed by atoms with E-state index in [1.807, 2.05) is 0 Å². The van der Waals surface area contributed by atoms with Gasteiger partial charge in [-0.1, -0.05) is 63.0 Å². The van der Waals surface area contributed by atoms with Crippen LogP contribution >= 0.6 is 0 Å². The Morgan fingerprint density at radius 2 is 1.51 bits per heavy atom. The molecule has 276 valence electrons. The van der Waals surface area contributed by atoms with E-state index >= 15 is 0 Å². The molecule has 0 N–H and O–H groups in total. The van der Waals surface area contributed by atoms with E-state index in [2.05, 4.69) is 61.0 Å². The van der Waals surface area contributed by atoms with Crippen LogP contribution in [0.3, 0.4) is 0 Å². The number of unbranched alkanes of at least 4 members (excludes halogenated alkanes) is 3. The Balaban J connectivity index is 1.08. The molecular formula is C42H68N2O5. The monoisotopic (exact) mass is 681 g/mol. The number of esters is 1. The number of fused-ring (bicyclic) bond motifs is 4. The van der Waals surface area contributed by atoms with Gasteiger partial charge in [0, 0.05) is 37.9 Å². The molecule has 7 atom stereocenters. The van der Waals surface area contributed by atoms with Gasteiger partial charge < -0.3 is 24.0 Å². The molecule has 1 amide bonds. The number of amides is 1. The van der Waals surface area contributed by atoms with Crippen molar-refractivity contribution in [3.63, 3.8) is 0 Å². The number of cyclic esters (lactones) is 1. The van der Waals surface area contributed by atoms with Crippen molar-refractivity contribution in [1.82, 2.24) is 9.80 Å². The predicted molar refractivity (Wildman–Crippen MR) is 197 cm³/mol. The van der Waals surface area contributed by atoms with E-state index in [-0.39, 0.29) is 42.7 Å². The molecule has 5 aliphatic heterocycles. The zero-order valence-electron chi connectivity index (χ0n) is 31.2. The first-order valence-corrected chi connectivity index (χ1v) is 20.4. The van der Waals surface area contributed by atoms with Crippen LogP contribution in [-0.4, -0.2) is 84.4 Å². The van der Waals surface area contributed by atoms with Crippen LogP contribution in [0.5, 0.6) is 0 Å². The lowest BCUT2D eigenvalue weighted by atomic mass is 9.90. The third kappa shape index (κ3) is 12.6. The molecule has 7 heteroatoms. The fourth-order valence-corrected chi connectivity index (χ4v) is 8.87. The zero-order chi connectivity index (χ0) is 34.4. The van der Waals surface area contributed by atoms with E-state index in [9.17, 15) is 9.59 Å². The average Bonchev–Trinajstić information content (AvgIpc) is 3.39. The van der Waals surface area contributed by atoms with Crippen LogP contribution in [0, 0.1) is 11.8 Å². The summed E-state index contributed by atoms with van der Waals surface area (Å²) >= 11 is 0. The van der Waals surface area contributed by atoms with E-state index < -0.39 is 0 Å². The molecule has 5 heterocycles. The largest absolute Gasteiger partial charge is 0.457 e. The van der Waals surface area contributed by atoms with E-state index in [0.717, 1.165) is 90.1 Å². The molecule has 4 bridgehead atoms. The Morgan fingerprint density at radius 1 is 0.796 bits per heavy atom. The maximum Gasteiger partial charge on any atom is 0.309 e. The molecule has 5 rings (SSSR count). The van der Waals surface area contributed by atoms with E-state index in [0.29, 0.717) is 30.4 Å². The summed E-state index contributed by atoms with van der Waals surface area (Å²) in [5.41, 5.74) is 1.37. The van der Waals surface area contributed by atoms with Crippen molar-refractivity contribution in [2.75, 3.05) is 26.2 Å². The molecule has 0 saturated carbocycles. The van der Waals surface area contributed by atoms with Crippen molar-refractivity contribution in [2.24, 2.45) is 11.8 Å². The second kappa shape index (κ2) is 20.2. The van der Waals surface area contributed by atoms with Gasteiger partial charge in [-0.25, -0.2) is 0 Å². The molecular weight excluding hydrogens is 612 g/mol. The summed E-state index contributed by atoms with van der Waals surface area (Å²) in [7, 11) is 0. The van der Waals surface area contributed by atoms with Crippen LogP contribution in [0.4, 0.5) is 0 Å². The highest BCUT2D eigenvalue weighted by molar-refractivity contribution is 5.76. The first-order chi connectivity index (χ1) is 23.9. The van der Waals surface area contributed by atoms with Gasteiger partial charge in [0.15, 0.2) is 0 Å². The Kier molecular flexibility index (Phi) is 15.8. The van der Waals surface area contributed by atoms with Gasteiger partial charge in [0.05, 0.1) is 30.8 Å². The molecule has 0 aromatic heterocycles. The normalized spacial score (nSPS) is 34.2. The quantitative estimate of drug-likeness (QED) is 0.145. The Labute approximate surface area is 298 Å². The predicted octanol–water partition coefficient (Wildman–Crippen LogP) is 8.72. The maximum atomic E-state index is 13.3. The summed E-state index contributed by atoms with van der Waals surface area (Å²) in [6.07, 6.45) is 30.8. The lowest BCUT2D eigenvalue weighted by Crippen LogP contribution is -2.47. The van der Waals surface area contributed by atoms with Crippen LogP contribution in [0.2, 0.25) is 0 Å². The number of rotatable bonds is 8. The molecule has 7 nitrogen and oxygen atoms in total. The van der Waals surface area contributed by atoms with Crippen LogP contribution in [0.1, 0.15) is 143 Å². The number of ether oxygens (including phenoxy) is 3. The highest BCUT2D eigenvalue weighted by Crippen LogP contribution is 2.33. The minimum absolute atomic E-state index is 0.0721. The lowest BCUT2D eigenvalue weighted by molar-refractivity contribution is -0.154. The van der Waals surface area contributed by atoms with E-state index in [1.54, 1.807) is 0 Å². The fourth-order valence-electron chi connectivity index (χ4n) is 8.87. The van der Waals surface area contributed by atoms with Crippen molar-refractivity contribution in [3.8, 4) is 0 Å². The van der Waals surface area contributed by atoms with Crippen molar-refractivity contribution in [2.45, 2.75) is 179 Å². The topological polar surface area (TPSA) is 68.3 Å². The second-order valence-corrected chi connectivity index (χ2v) is 16.0. The van der Waals surface area contributed by atoms with Crippen LogP contribution in [0.15, 0.2) is 36.0 Å². The molecule has 0 radical (unpaired) electrons. The van der Waals surface area contributed by atoms with Gasteiger partial charge in [-0.2, -0.15) is 0 Å². The number of hydrogen-bond donors (Lipinski definition) is 0. The van der Waals surface area contributed by atoms with E-state index in [1.165, 1.54) is 50.8 Å². The maximum absolute atomic E-state index is 13.3. The van der Waals surface area contributed by atoms with Gasteiger partial charge in [-0.05, 0) is 115 Å². The van der Waals surface area contributed by atoms with Crippen LogP contribution in [0.25, 0.3) is 0 Å². The van der Waals surface area contributed by atoms with Gasteiger partial charge in [0.2, 0.25) is 5.91 Å². The molecule has 0 aliphatic carbocycles. The number of likely N-dealkylation sites (tertiary alicyclic amines) is 2. The van der Waals surface area contributed by atoms with Crippen molar-refractivity contribution >= 4 is 11.9 Å². The molecule has 0 aromatic carbocycles. The molecule has 4 saturated heterocycles. The standard InChI is InChI=1S/C42H68N2O5/c1-4-34-28-38-30-37-16-14-15-36(47-37)27-32(2)19-20-33(3)40(49-42(46)31-39(29-34)48-38)17-10-6-5-7-11-18-41(45)44-25-21-35(22-26-44)43-23-12-8-9-13-24-43/h4,10,17,19-20,32-33,35-40H,5-9,11-16,18,21-31H2,1-3H3. The SMILES string of the molecule is CC=C1CC2CC(=O)OC(C=CCCCCCC(=O)N3CCC(N4CCCCCC4)CC3)C(C)C=CC(C)CC3CCCC(CC(C1)O2)O3.